The van der Waals surface area contributed by atoms with E-state index in [1.54, 1.807) is 19.1 Å². The van der Waals surface area contributed by atoms with Gasteiger partial charge >= 0.3 is 5.63 Å². The Morgan fingerprint density at radius 1 is 0.878 bits per heavy atom. The molecule has 1 saturated carbocycles. The summed E-state index contributed by atoms with van der Waals surface area (Å²) in [6.07, 6.45) is -1.48. The fourth-order valence-electron chi connectivity index (χ4n) is 6.22. The number of fused-ring (bicyclic) bond motifs is 1. The van der Waals surface area contributed by atoms with Crippen molar-refractivity contribution in [2.24, 2.45) is 0 Å². The molecule has 2 heterocycles. The molecule has 3 aromatic carbocycles. The average Bonchev–Trinajstić information content (AvgIpc) is 3.46. The molecule has 0 amide bonds. The molecule has 2 aliphatic rings. The molecule has 1 aromatic heterocycles. The quantitative estimate of drug-likeness (QED) is 0.304. The van der Waals surface area contributed by atoms with E-state index in [0.717, 1.165) is 24.0 Å². The van der Waals surface area contributed by atoms with Gasteiger partial charge in [-0.2, -0.15) is 0 Å². The molecule has 1 aliphatic heterocycles. The molecule has 1 saturated heterocycles. The minimum atomic E-state index is -1.33. The van der Waals surface area contributed by atoms with E-state index < -0.39 is 41.9 Å². The Morgan fingerprint density at radius 2 is 1.51 bits per heavy atom. The van der Waals surface area contributed by atoms with E-state index in [9.17, 15) is 15.0 Å². The lowest BCUT2D eigenvalue weighted by Gasteiger charge is -2.48. The van der Waals surface area contributed by atoms with E-state index in [4.69, 9.17) is 23.4 Å². The average molecular weight is 559 g/mol. The number of aliphatic hydroxyl groups excluding tert-OH is 2. The molecule has 1 aliphatic carbocycles. The number of hydrogen-bond acceptors (Lipinski definition) is 8. The molecule has 41 heavy (non-hydrogen) atoms. The Kier molecular flexibility index (Phi) is 7.57. The molecule has 4 atom stereocenters. The summed E-state index contributed by atoms with van der Waals surface area (Å²) in [5, 5.41) is 22.4. The molecule has 0 radical (unpaired) electrons. The summed E-state index contributed by atoms with van der Waals surface area (Å²) in [5.74, 6) is 0.738. The highest BCUT2D eigenvalue weighted by molar-refractivity contribution is 5.87. The number of aryl methyl sites for hydroxylation is 1. The summed E-state index contributed by atoms with van der Waals surface area (Å²) in [7, 11) is 1.51. The fourth-order valence-corrected chi connectivity index (χ4v) is 6.22. The van der Waals surface area contributed by atoms with Crippen molar-refractivity contribution >= 4 is 11.0 Å². The minimum Gasteiger partial charge on any atom is -0.480 e. The molecule has 4 unspecified atom stereocenters. The van der Waals surface area contributed by atoms with Crippen LogP contribution in [0.25, 0.3) is 11.0 Å². The highest BCUT2D eigenvalue weighted by atomic mass is 16.7. The highest BCUT2D eigenvalue weighted by Gasteiger charge is 2.56. The van der Waals surface area contributed by atoms with Crippen LogP contribution in [0.15, 0.2) is 88.1 Å². The molecular weight excluding hydrogens is 524 g/mol. The van der Waals surface area contributed by atoms with Crippen LogP contribution in [0.2, 0.25) is 0 Å². The summed E-state index contributed by atoms with van der Waals surface area (Å²) < 4.78 is 30.2. The van der Waals surface area contributed by atoms with E-state index in [-0.39, 0.29) is 0 Å². The molecular formula is C33H34O8. The lowest BCUT2D eigenvalue weighted by Crippen LogP contribution is -2.65. The molecule has 2 N–H and O–H groups in total. The van der Waals surface area contributed by atoms with Crippen LogP contribution in [-0.2, 0) is 9.47 Å². The van der Waals surface area contributed by atoms with E-state index in [1.807, 2.05) is 60.7 Å². The van der Waals surface area contributed by atoms with Gasteiger partial charge in [-0.3, -0.25) is 0 Å². The van der Waals surface area contributed by atoms with Gasteiger partial charge in [-0.05, 0) is 43.0 Å². The summed E-state index contributed by atoms with van der Waals surface area (Å²) in [6.45, 7) is 1.77. The van der Waals surface area contributed by atoms with Crippen LogP contribution < -0.4 is 15.1 Å². The predicted octanol–water partition coefficient (Wildman–Crippen LogP) is 5.05. The molecule has 2 fully saturated rings. The Labute approximate surface area is 238 Å². The van der Waals surface area contributed by atoms with Crippen molar-refractivity contribution in [1.29, 1.82) is 0 Å². The molecule has 8 nitrogen and oxygen atoms in total. The zero-order valence-electron chi connectivity index (χ0n) is 23.1. The fraction of sp³-hybridized carbons (Fsp3) is 0.364. The summed E-state index contributed by atoms with van der Waals surface area (Å²) >= 11 is 0. The van der Waals surface area contributed by atoms with Gasteiger partial charge in [0.05, 0.1) is 11.5 Å². The van der Waals surface area contributed by atoms with Gasteiger partial charge in [-0.25, -0.2) is 4.79 Å². The molecule has 214 valence electrons. The third-order valence-corrected chi connectivity index (χ3v) is 8.28. The first-order chi connectivity index (χ1) is 19.9. The van der Waals surface area contributed by atoms with Crippen molar-refractivity contribution in [3.8, 4) is 11.5 Å². The SMILES string of the molecule is COC1C(O)C(O)C(Oc2ccc3c(OC(c4ccccc4)c4ccccc4)cc(=O)oc3c2C)OC12CCCC2. The maximum atomic E-state index is 12.7. The second-order valence-corrected chi connectivity index (χ2v) is 10.8. The Bertz CT molecular complexity index is 1510. The van der Waals surface area contributed by atoms with Crippen molar-refractivity contribution in [3.05, 3.63) is 106 Å². The van der Waals surface area contributed by atoms with Gasteiger partial charge in [0.25, 0.3) is 0 Å². The van der Waals surface area contributed by atoms with Gasteiger partial charge < -0.3 is 33.6 Å². The first-order valence-corrected chi connectivity index (χ1v) is 14.0. The Hall–Kier alpha value is -3.69. The van der Waals surface area contributed by atoms with Crippen LogP contribution in [0.4, 0.5) is 0 Å². The molecule has 0 bridgehead atoms. The number of rotatable bonds is 7. The second-order valence-electron chi connectivity index (χ2n) is 10.8. The van der Waals surface area contributed by atoms with E-state index in [0.29, 0.717) is 40.9 Å². The zero-order valence-corrected chi connectivity index (χ0v) is 23.1. The van der Waals surface area contributed by atoms with E-state index >= 15 is 0 Å². The van der Waals surface area contributed by atoms with Crippen LogP contribution in [0.1, 0.15) is 48.5 Å². The Morgan fingerprint density at radius 3 is 2.12 bits per heavy atom. The zero-order chi connectivity index (χ0) is 28.6. The lowest BCUT2D eigenvalue weighted by molar-refractivity contribution is -0.314. The van der Waals surface area contributed by atoms with Crippen molar-refractivity contribution in [2.75, 3.05) is 7.11 Å². The van der Waals surface area contributed by atoms with Crippen molar-refractivity contribution in [1.82, 2.24) is 0 Å². The van der Waals surface area contributed by atoms with Crippen LogP contribution in [-0.4, -0.2) is 47.5 Å². The van der Waals surface area contributed by atoms with Gasteiger partial charge in [-0.15, -0.1) is 0 Å². The number of benzene rings is 3. The smallest absolute Gasteiger partial charge is 0.339 e. The van der Waals surface area contributed by atoms with Gasteiger partial charge in [0, 0.05) is 12.7 Å². The van der Waals surface area contributed by atoms with Gasteiger partial charge in [0.2, 0.25) is 6.29 Å². The maximum Gasteiger partial charge on any atom is 0.339 e. The minimum absolute atomic E-state index is 0.307. The number of hydrogen-bond donors (Lipinski definition) is 2. The first-order valence-electron chi connectivity index (χ1n) is 14.0. The second kappa shape index (κ2) is 11.3. The molecule has 4 aromatic rings. The standard InChI is InChI=1S/C33H34O8/c1-20-24(39-32-28(36)27(35)31(37-2)33(41-32)17-9-10-18-33)16-15-23-25(19-26(34)40-29(20)23)38-30(21-11-5-3-6-12-21)22-13-7-4-8-14-22/h3-8,11-16,19,27-28,30-32,35-36H,9-10,17-18H2,1-2H3. The summed E-state index contributed by atoms with van der Waals surface area (Å²) in [6, 6.07) is 24.5. The maximum absolute atomic E-state index is 12.7. The van der Waals surface area contributed by atoms with Crippen molar-refractivity contribution < 1.29 is 33.6 Å². The predicted molar refractivity (Wildman–Crippen MR) is 152 cm³/mol. The van der Waals surface area contributed by atoms with Gasteiger partial charge in [0.1, 0.15) is 47.1 Å². The van der Waals surface area contributed by atoms with Crippen LogP contribution in [0.5, 0.6) is 11.5 Å². The molecule has 6 rings (SSSR count). The van der Waals surface area contributed by atoms with Crippen LogP contribution in [0.3, 0.4) is 0 Å². The Balaban J connectivity index is 1.34. The van der Waals surface area contributed by atoms with Crippen molar-refractivity contribution in [3.63, 3.8) is 0 Å². The van der Waals surface area contributed by atoms with Crippen LogP contribution >= 0.6 is 0 Å². The molecule has 8 heteroatoms. The first kappa shape index (κ1) is 27.5. The third-order valence-electron chi connectivity index (χ3n) is 8.28. The lowest BCUT2D eigenvalue weighted by atomic mass is 9.85. The van der Waals surface area contributed by atoms with Crippen molar-refractivity contribution in [2.45, 2.75) is 68.9 Å². The normalized spacial score (nSPS) is 23.7. The van der Waals surface area contributed by atoms with E-state index in [2.05, 4.69) is 0 Å². The molecule has 1 spiro atoms. The summed E-state index contributed by atoms with van der Waals surface area (Å²) in [5.41, 5.74) is 1.43. The van der Waals surface area contributed by atoms with Crippen LogP contribution in [0, 0.1) is 6.92 Å². The van der Waals surface area contributed by atoms with Gasteiger partial charge in [0.15, 0.2) is 0 Å². The third kappa shape index (κ3) is 5.13. The largest absolute Gasteiger partial charge is 0.480 e. The highest BCUT2D eigenvalue weighted by Crippen LogP contribution is 2.44. The number of aliphatic hydroxyl groups is 2. The monoisotopic (exact) mass is 558 g/mol. The van der Waals surface area contributed by atoms with E-state index in [1.165, 1.54) is 13.2 Å². The number of methoxy groups -OCH3 is 1. The number of ether oxygens (including phenoxy) is 4. The topological polar surface area (TPSA) is 108 Å². The van der Waals surface area contributed by atoms with Gasteiger partial charge in [-0.1, -0.05) is 73.5 Å². The summed E-state index contributed by atoms with van der Waals surface area (Å²) in [4.78, 5) is 12.7.